The molecule has 1 aromatic heterocycles. The van der Waals surface area contributed by atoms with Gasteiger partial charge < -0.3 is 20.3 Å². The fourth-order valence-corrected chi connectivity index (χ4v) is 1.79. The molecule has 0 aliphatic rings. The molecule has 3 N–H and O–H groups in total. The van der Waals surface area contributed by atoms with Gasteiger partial charge in [-0.25, -0.2) is 4.79 Å². The van der Waals surface area contributed by atoms with E-state index in [-0.39, 0.29) is 18.4 Å². The van der Waals surface area contributed by atoms with Crippen LogP contribution in [0.5, 0.6) is 0 Å². The Morgan fingerprint density at radius 2 is 2.15 bits per heavy atom. The SMILES string of the molecule is CC(C)(C)CC(CC(=O)O)NC(=O)NCc1ncon1. The van der Waals surface area contributed by atoms with Crippen molar-refractivity contribution in [2.45, 2.75) is 46.2 Å². The van der Waals surface area contributed by atoms with Gasteiger partial charge in [-0.2, -0.15) is 4.98 Å². The molecule has 2 amide bonds. The molecule has 0 saturated heterocycles. The maximum Gasteiger partial charge on any atom is 0.315 e. The van der Waals surface area contributed by atoms with E-state index in [4.69, 9.17) is 5.11 Å². The van der Waals surface area contributed by atoms with E-state index in [9.17, 15) is 9.59 Å². The van der Waals surface area contributed by atoms with Crippen LogP contribution in [0, 0.1) is 5.41 Å². The first kappa shape index (κ1) is 15.9. The van der Waals surface area contributed by atoms with Crippen molar-refractivity contribution in [2.24, 2.45) is 5.41 Å². The predicted octanol–water partition coefficient (Wildman–Crippen LogP) is 1.15. The third-order valence-electron chi connectivity index (χ3n) is 2.43. The fraction of sp³-hybridized carbons (Fsp3) is 0.667. The number of nitrogens with zero attached hydrogens (tertiary/aromatic N) is 2. The number of amides is 2. The average molecular weight is 284 g/mol. The highest BCUT2D eigenvalue weighted by Crippen LogP contribution is 2.22. The maximum atomic E-state index is 11.7. The van der Waals surface area contributed by atoms with Gasteiger partial charge >= 0.3 is 12.0 Å². The molecule has 1 rings (SSSR count). The zero-order chi connectivity index (χ0) is 15.2. The van der Waals surface area contributed by atoms with E-state index in [1.54, 1.807) is 0 Å². The Morgan fingerprint density at radius 1 is 1.45 bits per heavy atom. The van der Waals surface area contributed by atoms with E-state index < -0.39 is 18.0 Å². The minimum absolute atomic E-state index is 0.0823. The number of hydrogen-bond donors (Lipinski definition) is 3. The lowest BCUT2D eigenvalue weighted by molar-refractivity contribution is -0.137. The number of urea groups is 1. The second-order valence-electron chi connectivity index (χ2n) is 5.73. The lowest BCUT2D eigenvalue weighted by Crippen LogP contribution is -2.44. The van der Waals surface area contributed by atoms with Crippen LogP contribution in [0.2, 0.25) is 0 Å². The lowest BCUT2D eigenvalue weighted by Gasteiger charge is -2.25. The molecule has 20 heavy (non-hydrogen) atoms. The molecule has 1 heterocycles. The minimum Gasteiger partial charge on any atom is -0.481 e. The topological polar surface area (TPSA) is 117 Å². The predicted molar refractivity (Wildman–Crippen MR) is 69.8 cm³/mol. The van der Waals surface area contributed by atoms with Crippen LogP contribution in [0.25, 0.3) is 0 Å². The van der Waals surface area contributed by atoms with Gasteiger partial charge in [0.1, 0.15) is 0 Å². The second-order valence-corrected chi connectivity index (χ2v) is 5.73. The van der Waals surface area contributed by atoms with Crippen molar-refractivity contribution in [1.29, 1.82) is 0 Å². The molecule has 1 atom stereocenters. The summed E-state index contributed by atoms with van der Waals surface area (Å²) in [4.78, 5) is 26.3. The Bertz CT molecular complexity index is 439. The molecule has 0 aliphatic heterocycles. The van der Waals surface area contributed by atoms with E-state index in [2.05, 4.69) is 25.3 Å². The van der Waals surface area contributed by atoms with Crippen LogP contribution in [0.4, 0.5) is 4.79 Å². The highest BCUT2D eigenvalue weighted by Gasteiger charge is 2.22. The highest BCUT2D eigenvalue weighted by atomic mass is 16.5. The van der Waals surface area contributed by atoms with Gasteiger partial charge in [-0.3, -0.25) is 4.79 Å². The largest absolute Gasteiger partial charge is 0.481 e. The van der Waals surface area contributed by atoms with Gasteiger partial charge in [0.2, 0.25) is 6.39 Å². The van der Waals surface area contributed by atoms with Crippen molar-refractivity contribution < 1.29 is 19.2 Å². The van der Waals surface area contributed by atoms with Crippen LogP contribution in [0.1, 0.15) is 39.4 Å². The Morgan fingerprint density at radius 3 is 2.65 bits per heavy atom. The number of aliphatic carboxylic acids is 1. The summed E-state index contributed by atoms with van der Waals surface area (Å²) in [6.07, 6.45) is 1.61. The summed E-state index contributed by atoms with van der Waals surface area (Å²) in [6, 6.07) is -0.886. The Kier molecular flexibility index (Phi) is 5.48. The lowest BCUT2D eigenvalue weighted by atomic mass is 9.87. The number of carbonyl (C=O) groups excluding carboxylic acids is 1. The Hall–Kier alpha value is -2.12. The summed E-state index contributed by atoms with van der Waals surface area (Å²) in [5, 5.41) is 17.6. The van der Waals surface area contributed by atoms with E-state index in [0.29, 0.717) is 12.2 Å². The summed E-state index contributed by atoms with van der Waals surface area (Å²) in [7, 11) is 0. The molecule has 0 bridgehead atoms. The van der Waals surface area contributed by atoms with Crippen LogP contribution < -0.4 is 10.6 Å². The molecule has 0 fully saturated rings. The van der Waals surface area contributed by atoms with Gasteiger partial charge in [-0.1, -0.05) is 25.9 Å². The number of carboxylic acids is 1. The number of carboxylic acid groups (broad SMARTS) is 1. The number of carbonyl (C=O) groups is 2. The summed E-state index contributed by atoms with van der Waals surface area (Å²) in [5.41, 5.74) is -0.0823. The molecular formula is C12H20N4O4. The summed E-state index contributed by atoms with van der Waals surface area (Å²) in [6.45, 7) is 6.08. The van der Waals surface area contributed by atoms with Crippen molar-refractivity contribution >= 4 is 12.0 Å². The molecule has 0 radical (unpaired) electrons. The Balaban J connectivity index is 2.46. The van der Waals surface area contributed by atoms with Crippen LogP contribution in [-0.2, 0) is 11.3 Å². The number of aromatic nitrogens is 2. The van der Waals surface area contributed by atoms with Gasteiger partial charge in [-0.15, -0.1) is 0 Å². The molecule has 1 aromatic rings. The van der Waals surface area contributed by atoms with Crippen molar-refractivity contribution in [3.8, 4) is 0 Å². The van der Waals surface area contributed by atoms with Gasteiger partial charge in [0.25, 0.3) is 0 Å². The molecular weight excluding hydrogens is 264 g/mol. The van der Waals surface area contributed by atoms with E-state index in [0.717, 1.165) is 0 Å². The monoisotopic (exact) mass is 284 g/mol. The third-order valence-corrected chi connectivity index (χ3v) is 2.43. The van der Waals surface area contributed by atoms with Crippen molar-refractivity contribution in [3.05, 3.63) is 12.2 Å². The van der Waals surface area contributed by atoms with Crippen LogP contribution >= 0.6 is 0 Å². The molecule has 1 unspecified atom stereocenters. The first-order valence-corrected chi connectivity index (χ1v) is 6.27. The molecule has 112 valence electrons. The zero-order valence-corrected chi connectivity index (χ0v) is 11.8. The highest BCUT2D eigenvalue weighted by molar-refractivity contribution is 5.75. The second kappa shape index (κ2) is 6.88. The maximum absolute atomic E-state index is 11.7. The van der Waals surface area contributed by atoms with E-state index in [1.165, 1.54) is 6.39 Å². The normalized spacial score (nSPS) is 12.8. The first-order chi connectivity index (χ1) is 9.26. The molecule has 8 heteroatoms. The molecule has 0 spiro atoms. The third kappa shape index (κ3) is 6.72. The summed E-state index contributed by atoms with van der Waals surface area (Å²) in [5.74, 6) is -0.594. The number of rotatable bonds is 6. The van der Waals surface area contributed by atoms with Crippen LogP contribution in [0.3, 0.4) is 0 Å². The minimum atomic E-state index is -0.947. The van der Waals surface area contributed by atoms with Gasteiger partial charge in [-0.05, 0) is 11.8 Å². The van der Waals surface area contributed by atoms with Gasteiger partial charge in [0, 0.05) is 6.04 Å². The number of nitrogens with one attached hydrogen (secondary N) is 2. The molecule has 8 nitrogen and oxygen atoms in total. The van der Waals surface area contributed by atoms with Crippen molar-refractivity contribution in [3.63, 3.8) is 0 Å². The molecule has 0 saturated carbocycles. The van der Waals surface area contributed by atoms with E-state index in [1.807, 2.05) is 20.8 Å². The quantitative estimate of drug-likeness (QED) is 0.721. The summed E-state index contributed by atoms with van der Waals surface area (Å²) >= 11 is 0. The van der Waals surface area contributed by atoms with Crippen molar-refractivity contribution in [1.82, 2.24) is 20.8 Å². The Labute approximate surface area is 116 Å². The first-order valence-electron chi connectivity index (χ1n) is 6.27. The van der Waals surface area contributed by atoms with Gasteiger partial charge in [0.15, 0.2) is 5.82 Å². The van der Waals surface area contributed by atoms with Crippen molar-refractivity contribution in [2.75, 3.05) is 0 Å². The fourth-order valence-electron chi connectivity index (χ4n) is 1.79. The average Bonchev–Trinajstić information content (AvgIpc) is 2.75. The van der Waals surface area contributed by atoms with E-state index >= 15 is 0 Å². The standard InChI is InChI=1S/C12H20N4O4/c1-12(2,3)5-8(4-10(17)18)15-11(19)13-6-9-14-7-20-16-9/h7-8H,4-6H2,1-3H3,(H,17,18)(H2,13,15,19). The van der Waals surface area contributed by atoms with Gasteiger partial charge in [0.05, 0.1) is 13.0 Å². The number of hydrogen-bond acceptors (Lipinski definition) is 5. The molecule has 0 aliphatic carbocycles. The summed E-state index contributed by atoms with van der Waals surface area (Å²) < 4.78 is 4.54. The smallest absolute Gasteiger partial charge is 0.315 e. The van der Waals surface area contributed by atoms with Crippen LogP contribution in [0.15, 0.2) is 10.9 Å². The zero-order valence-electron chi connectivity index (χ0n) is 11.8. The van der Waals surface area contributed by atoms with Crippen LogP contribution in [-0.4, -0.2) is 33.3 Å². The molecule has 0 aromatic carbocycles.